The Labute approximate surface area is 117 Å². The molecule has 0 saturated heterocycles. The Hall–Kier alpha value is -2.22. The molecule has 0 spiro atoms. The zero-order valence-corrected chi connectivity index (χ0v) is 12.0. The number of anilines is 2. The van der Waals surface area contributed by atoms with Crippen molar-refractivity contribution in [2.45, 2.75) is 18.2 Å². The highest BCUT2D eigenvalue weighted by Crippen LogP contribution is 2.26. The fourth-order valence-corrected chi connectivity index (χ4v) is 2.93. The van der Waals surface area contributed by atoms with E-state index in [0.717, 1.165) is 5.56 Å². The van der Waals surface area contributed by atoms with E-state index in [0.29, 0.717) is 18.0 Å². The van der Waals surface area contributed by atoms with Gasteiger partial charge in [-0.1, -0.05) is 6.92 Å². The van der Waals surface area contributed by atoms with E-state index in [2.05, 4.69) is 14.9 Å². The number of rotatable bonds is 5. The molecule has 2 rings (SSSR count). The molecule has 0 saturated carbocycles. The van der Waals surface area contributed by atoms with E-state index in [9.17, 15) is 8.42 Å². The normalized spacial score (nSPS) is 11.3. The van der Waals surface area contributed by atoms with Gasteiger partial charge in [-0.25, -0.2) is 8.42 Å². The third kappa shape index (κ3) is 2.69. The third-order valence-corrected chi connectivity index (χ3v) is 4.27. The van der Waals surface area contributed by atoms with Crippen LogP contribution in [0.1, 0.15) is 12.5 Å². The first-order valence-corrected chi connectivity index (χ1v) is 7.44. The molecule has 1 heterocycles. The maximum absolute atomic E-state index is 12.3. The number of nitrogens with zero attached hydrogens (tertiary/aromatic N) is 1. The molecule has 0 atom stereocenters. The van der Waals surface area contributed by atoms with Gasteiger partial charge in [0.1, 0.15) is 16.5 Å². The van der Waals surface area contributed by atoms with Crippen LogP contribution < -0.4 is 15.2 Å². The number of aromatic nitrogens is 2. The highest BCUT2D eigenvalue weighted by Gasteiger charge is 2.20. The van der Waals surface area contributed by atoms with Crippen molar-refractivity contribution in [1.82, 2.24) is 10.2 Å². The highest BCUT2D eigenvalue weighted by atomic mass is 32.2. The van der Waals surface area contributed by atoms with Crippen molar-refractivity contribution in [3.05, 3.63) is 30.0 Å². The molecule has 2 aromatic rings. The number of ether oxygens (including phenoxy) is 1. The van der Waals surface area contributed by atoms with E-state index in [1.165, 1.54) is 19.2 Å². The molecule has 4 N–H and O–H groups in total. The molecule has 20 heavy (non-hydrogen) atoms. The first kappa shape index (κ1) is 14.2. The molecule has 8 heteroatoms. The molecular weight excluding hydrogens is 280 g/mol. The van der Waals surface area contributed by atoms with E-state index in [-0.39, 0.29) is 10.6 Å². The van der Waals surface area contributed by atoms with Crippen LogP contribution in [0.25, 0.3) is 0 Å². The van der Waals surface area contributed by atoms with Crippen LogP contribution in [0.5, 0.6) is 5.75 Å². The Kier molecular flexibility index (Phi) is 3.84. The molecule has 0 aliphatic heterocycles. The van der Waals surface area contributed by atoms with Gasteiger partial charge < -0.3 is 10.5 Å². The molecule has 0 bridgehead atoms. The number of H-pyrrole nitrogens is 1. The lowest BCUT2D eigenvalue weighted by Gasteiger charge is -2.10. The lowest BCUT2D eigenvalue weighted by Crippen LogP contribution is -2.16. The smallest absolute Gasteiger partial charge is 0.265 e. The molecule has 0 aliphatic carbocycles. The van der Waals surface area contributed by atoms with Crippen LogP contribution in [0.15, 0.2) is 29.3 Å². The number of hydrogen-bond donors (Lipinski definition) is 3. The fourth-order valence-electron chi connectivity index (χ4n) is 1.76. The summed E-state index contributed by atoms with van der Waals surface area (Å²) in [7, 11) is -2.29. The summed E-state index contributed by atoms with van der Waals surface area (Å²) in [6.07, 6.45) is 2.24. The van der Waals surface area contributed by atoms with E-state index >= 15 is 0 Å². The number of aromatic amines is 1. The quantitative estimate of drug-likeness (QED) is 0.722. The Morgan fingerprint density at radius 1 is 1.45 bits per heavy atom. The predicted octanol–water partition coefficient (Wildman–Crippen LogP) is 1.36. The molecule has 0 amide bonds. The number of nitrogen functional groups attached to an aromatic ring is 1. The average molecular weight is 296 g/mol. The number of hydrogen-bond acceptors (Lipinski definition) is 5. The molecule has 7 nitrogen and oxygen atoms in total. The molecule has 0 aliphatic rings. The third-order valence-electron chi connectivity index (χ3n) is 2.84. The van der Waals surface area contributed by atoms with Crippen molar-refractivity contribution in [3.8, 4) is 5.75 Å². The second-order valence-electron chi connectivity index (χ2n) is 4.13. The largest absolute Gasteiger partial charge is 0.497 e. The van der Waals surface area contributed by atoms with Crippen molar-refractivity contribution >= 4 is 21.5 Å². The van der Waals surface area contributed by atoms with Crippen LogP contribution >= 0.6 is 0 Å². The van der Waals surface area contributed by atoms with Crippen LogP contribution in [0.4, 0.5) is 11.5 Å². The number of nitrogens with two attached hydrogens (primary N) is 1. The highest BCUT2D eigenvalue weighted by molar-refractivity contribution is 7.92. The molecule has 1 aromatic carbocycles. The van der Waals surface area contributed by atoms with Gasteiger partial charge in [-0.3, -0.25) is 9.82 Å². The Bertz CT molecular complexity index is 709. The monoisotopic (exact) mass is 296 g/mol. The number of methoxy groups -OCH3 is 1. The van der Waals surface area contributed by atoms with Crippen LogP contribution in [0, 0.1) is 0 Å². The standard InChI is InChI=1S/C12H16N4O3S/c1-3-8-7-14-15-12(8)16-20(17,18)11-5-4-9(19-2)6-10(11)13/h4-7H,3,13H2,1-2H3,(H2,14,15,16). The number of nitrogens with one attached hydrogen (secondary N) is 2. The van der Waals surface area contributed by atoms with E-state index < -0.39 is 10.0 Å². The summed E-state index contributed by atoms with van der Waals surface area (Å²) in [6, 6.07) is 4.40. The number of benzene rings is 1. The van der Waals surface area contributed by atoms with Gasteiger partial charge in [0.05, 0.1) is 19.0 Å². The van der Waals surface area contributed by atoms with Gasteiger partial charge in [0.25, 0.3) is 10.0 Å². The maximum atomic E-state index is 12.3. The Balaban J connectivity index is 2.36. The van der Waals surface area contributed by atoms with Gasteiger partial charge in [0.2, 0.25) is 0 Å². The van der Waals surface area contributed by atoms with Crippen LogP contribution in [0.2, 0.25) is 0 Å². The predicted molar refractivity (Wildman–Crippen MR) is 76.2 cm³/mol. The maximum Gasteiger partial charge on any atom is 0.265 e. The first-order valence-electron chi connectivity index (χ1n) is 5.96. The van der Waals surface area contributed by atoms with Gasteiger partial charge in [-0.15, -0.1) is 0 Å². The van der Waals surface area contributed by atoms with E-state index in [4.69, 9.17) is 10.5 Å². The molecule has 0 radical (unpaired) electrons. The minimum absolute atomic E-state index is 0.00467. The van der Waals surface area contributed by atoms with Gasteiger partial charge >= 0.3 is 0 Å². The van der Waals surface area contributed by atoms with E-state index in [1.54, 1.807) is 12.3 Å². The summed E-state index contributed by atoms with van der Waals surface area (Å²) >= 11 is 0. The van der Waals surface area contributed by atoms with E-state index in [1.807, 2.05) is 6.92 Å². The summed E-state index contributed by atoms with van der Waals surface area (Å²) in [6.45, 7) is 1.91. The summed E-state index contributed by atoms with van der Waals surface area (Å²) in [5, 5.41) is 6.44. The first-order chi connectivity index (χ1) is 9.47. The van der Waals surface area contributed by atoms with Crippen molar-refractivity contribution in [2.24, 2.45) is 0 Å². The minimum atomic E-state index is -3.77. The van der Waals surface area contributed by atoms with Crippen molar-refractivity contribution in [1.29, 1.82) is 0 Å². The molecule has 1 aromatic heterocycles. The lowest BCUT2D eigenvalue weighted by atomic mass is 10.3. The van der Waals surface area contributed by atoms with Gasteiger partial charge in [-0.2, -0.15) is 5.10 Å². The van der Waals surface area contributed by atoms with Crippen molar-refractivity contribution in [3.63, 3.8) is 0 Å². The van der Waals surface area contributed by atoms with Crippen molar-refractivity contribution in [2.75, 3.05) is 17.6 Å². The topological polar surface area (TPSA) is 110 Å². The van der Waals surface area contributed by atoms with Crippen LogP contribution in [0.3, 0.4) is 0 Å². The van der Waals surface area contributed by atoms with Gasteiger partial charge in [0.15, 0.2) is 0 Å². The van der Waals surface area contributed by atoms with Crippen LogP contribution in [-0.2, 0) is 16.4 Å². The SMILES string of the molecule is CCc1cn[nH]c1NS(=O)(=O)c1ccc(OC)cc1N. The van der Waals surface area contributed by atoms with Crippen molar-refractivity contribution < 1.29 is 13.2 Å². The zero-order chi connectivity index (χ0) is 14.8. The second kappa shape index (κ2) is 5.41. The summed E-state index contributed by atoms with van der Waals surface area (Å²) < 4.78 is 32.1. The molecule has 108 valence electrons. The minimum Gasteiger partial charge on any atom is -0.497 e. The summed E-state index contributed by atoms with van der Waals surface area (Å²) in [4.78, 5) is -0.00467. The zero-order valence-electron chi connectivity index (χ0n) is 11.2. The molecular formula is C12H16N4O3S. The summed E-state index contributed by atoms with van der Waals surface area (Å²) in [5.74, 6) is 0.847. The van der Waals surface area contributed by atoms with Gasteiger partial charge in [-0.05, 0) is 18.6 Å². The average Bonchev–Trinajstić information content (AvgIpc) is 2.84. The molecule has 0 fully saturated rings. The Morgan fingerprint density at radius 2 is 2.20 bits per heavy atom. The Morgan fingerprint density at radius 3 is 2.80 bits per heavy atom. The number of sulfonamides is 1. The number of aryl methyl sites for hydroxylation is 1. The van der Waals surface area contributed by atoms with Crippen LogP contribution in [-0.4, -0.2) is 25.7 Å². The summed E-state index contributed by atoms with van der Waals surface area (Å²) in [5.41, 5.74) is 6.66. The van der Waals surface area contributed by atoms with Gasteiger partial charge in [0, 0.05) is 11.6 Å². The lowest BCUT2D eigenvalue weighted by molar-refractivity contribution is 0.414. The fraction of sp³-hybridized carbons (Fsp3) is 0.250. The second-order valence-corrected chi connectivity index (χ2v) is 5.78. The molecule has 0 unspecified atom stereocenters.